The molecule has 130 valence electrons. The zero-order chi connectivity index (χ0) is 17.8. The van der Waals surface area contributed by atoms with Crippen LogP contribution < -0.4 is 15.5 Å². The highest BCUT2D eigenvalue weighted by atomic mass is 16.3. The molecule has 0 bridgehead atoms. The van der Waals surface area contributed by atoms with Gasteiger partial charge >= 0.3 is 0 Å². The van der Waals surface area contributed by atoms with Crippen molar-refractivity contribution >= 4 is 23.3 Å². The van der Waals surface area contributed by atoms with Crippen LogP contribution in [0.15, 0.2) is 42.6 Å². The van der Waals surface area contributed by atoms with Crippen LogP contribution in [0.3, 0.4) is 0 Å². The lowest BCUT2D eigenvalue weighted by Gasteiger charge is -2.26. The molecule has 1 aromatic carbocycles. The van der Waals surface area contributed by atoms with E-state index in [0.717, 1.165) is 5.56 Å². The third-order valence-corrected chi connectivity index (χ3v) is 4.15. The van der Waals surface area contributed by atoms with E-state index in [1.165, 1.54) is 11.1 Å². The van der Waals surface area contributed by atoms with Crippen LogP contribution in [-0.4, -0.2) is 48.1 Å². The number of aliphatic hydroxyl groups is 1. The van der Waals surface area contributed by atoms with E-state index < -0.39 is 6.04 Å². The van der Waals surface area contributed by atoms with Gasteiger partial charge in [0, 0.05) is 13.2 Å². The fourth-order valence-electron chi connectivity index (χ4n) is 2.71. The van der Waals surface area contributed by atoms with E-state index in [2.05, 4.69) is 15.6 Å². The largest absolute Gasteiger partial charge is 0.394 e. The second-order valence-electron chi connectivity index (χ2n) is 5.94. The van der Waals surface area contributed by atoms with Crippen LogP contribution in [-0.2, 0) is 11.2 Å². The van der Waals surface area contributed by atoms with Gasteiger partial charge in [-0.3, -0.25) is 9.59 Å². The molecular formula is C18H20N4O3. The first-order chi connectivity index (χ1) is 12.1. The second kappa shape index (κ2) is 7.31. The van der Waals surface area contributed by atoms with E-state index in [1.54, 1.807) is 13.1 Å². The molecule has 7 heteroatoms. The van der Waals surface area contributed by atoms with Crippen molar-refractivity contribution in [3.8, 4) is 0 Å². The number of carbonyl (C=O) groups excluding carboxylic acids is 2. The summed E-state index contributed by atoms with van der Waals surface area (Å²) in [5, 5.41) is 15.3. The smallest absolute Gasteiger partial charge is 0.253 e. The molecule has 1 aliphatic heterocycles. The molecule has 1 atom stereocenters. The Balaban J connectivity index is 1.73. The van der Waals surface area contributed by atoms with Crippen molar-refractivity contribution in [3.05, 3.63) is 53.7 Å². The van der Waals surface area contributed by atoms with Gasteiger partial charge in [0.05, 0.1) is 30.4 Å². The molecule has 0 saturated carbocycles. The minimum absolute atomic E-state index is 0.0934. The number of nitrogens with zero attached hydrogens (tertiary/aromatic N) is 2. The number of fused-ring (bicyclic) bond motifs is 1. The zero-order valence-corrected chi connectivity index (χ0v) is 13.9. The summed E-state index contributed by atoms with van der Waals surface area (Å²) in [7, 11) is 1.65. The predicted octanol–water partition coefficient (Wildman–Crippen LogP) is 0.803. The quantitative estimate of drug-likeness (QED) is 0.749. The number of rotatable bonds is 5. The van der Waals surface area contributed by atoms with Gasteiger partial charge in [0.1, 0.15) is 5.82 Å². The van der Waals surface area contributed by atoms with Gasteiger partial charge in [0.2, 0.25) is 5.91 Å². The summed E-state index contributed by atoms with van der Waals surface area (Å²) in [4.78, 5) is 29.9. The summed E-state index contributed by atoms with van der Waals surface area (Å²) in [5.74, 6) is 0.141. The maximum Gasteiger partial charge on any atom is 0.253 e. The van der Waals surface area contributed by atoms with Crippen LogP contribution in [0.25, 0.3) is 0 Å². The number of aliphatic hydroxyl groups excluding tert-OH is 1. The summed E-state index contributed by atoms with van der Waals surface area (Å²) in [6, 6.07) is 10.9. The number of hydrogen-bond acceptors (Lipinski definition) is 5. The third kappa shape index (κ3) is 3.77. The average molecular weight is 340 g/mol. The summed E-state index contributed by atoms with van der Waals surface area (Å²) in [6.07, 6.45) is 1.99. The van der Waals surface area contributed by atoms with E-state index >= 15 is 0 Å². The van der Waals surface area contributed by atoms with Crippen LogP contribution in [0.2, 0.25) is 0 Å². The first kappa shape index (κ1) is 16.9. The van der Waals surface area contributed by atoms with Crippen molar-refractivity contribution in [2.24, 2.45) is 0 Å². The van der Waals surface area contributed by atoms with Crippen LogP contribution >= 0.6 is 0 Å². The molecular weight excluding hydrogens is 320 g/mol. The molecule has 2 aromatic rings. The number of hydrogen-bond donors (Lipinski definition) is 3. The monoisotopic (exact) mass is 340 g/mol. The lowest BCUT2D eigenvalue weighted by molar-refractivity contribution is -0.116. The summed E-state index contributed by atoms with van der Waals surface area (Å²) < 4.78 is 0. The maximum atomic E-state index is 12.5. The minimum atomic E-state index is -0.400. The molecule has 1 aliphatic rings. The summed E-state index contributed by atoms with van der Waals surface area (Å²) >= 11 is 0. The molecule has 0 radical (unpaired) electrons. The topological polar surface area (TPSA) is 94.6 Å². The molecule has 3 rings (SSSR count). The summed E-state index contributed by atoms with van der Waals surface area (Å²) in [6.45, 7) is 0.0185. The lowest BCUT2D eigenvalue weighted by atomic mass is 10.1. The Morgan fingerprint density at radius 2 is 2.16 bits per heavy atom. The number of benzene rings is 1. The third-order valence-electron chi connectivity index (χ3n) is 4.15. The van der Waals surface area contributed by atoms with Gasteiger partial charge in [-0.2, -0.15) is 0 Å². The number of pyridine rings is 1. The van der Waals surface area contributed by atoms with Crippen molar-refractivity contribution in [3.63, 3.8) is 0 Å². The van der Waals surface area contributed by atoms with Crippen LogP contribution in [0.4, 0.5) is 11.5 Å². The average Bonchev–Trinajstić information content (AvgIpc) is 2.64. The number of nitrogens with one attached hydrogen (secondary N) is 2. The van der Waals surface area contributed by atoms with Crippen molar-refractivity contribution in [2.75, 3.05) is 30.4 Å². The Labute approximate surface area is 145 Å². The van der Waals surface area contributed by atoms with Gasteiger partial charge in [-0.15, -0.1) is 0 Å². The van der Waals surface area contributed by atoms with E-state index in [1.807, 2.05) is 30.3 Å². The zero-order valence-electron chi connectivity index (χ0n) is 13.9. The standard InChI is InChI=1S/C18H20N4O3/c1-22-15-8-13(9-19-17(15)20-10-16(22)24)18(25)21-14(11-23)7-12-5-3-2-4-6-12/h2-6,8-9,14,23H,7,10-11H2,1H3,(H,19,20)(H,21,25)/t14-/m0/s1. The van der Waals surface area contributed by atoms with Gasteiger partial charge in [-0.25, -0.2) is 4.98 Å². The fourth-order valence-corrected chi connectivity index (χ4v) is 2.71. The van der Waals surface area contributed by atoms with Gasteiger partial charge in [-0.1, -0.05) is 30.3 Å². The molecule has 2 heterocycles. The maximum absolute atomic E-state index is 12.5. The molecule has 1 aromatic heterocycles. The molecule has 0 aliphatic carbocycles. The Morgan fingerprint density at radius 3 is 2.88 bits per heavy atom. The second-order valence-corrected chi connectivity index (χ2v) is 5.94. The first-order valence-corrected chi connectivity index (χ1v) is 8.04. The van der Waals surface area contributed by atoms with Crippen molar-refractivity contribution in [1.82, 2.24) is 10.3 Å². The SMILES string of the molecule is CN1C(=O)CNc2ncc(C(=O)N[C@H](CO)Cc3ccccc3)cc21. The first-order valence-electron chi connectivity index (χ1n) is 8.04. The molecule has 2 amide bonds. The van der Waals surface area contributed by atoms with E-state index in [4.69, 9.17) is 0 Å². The molecule has 25 heavy (non-hydrogen) atoms. The Hall–Kier alpha value is -2.93. The van der Waals surface area contributed by atoms with Crippen molar-refractivity contribution in [2.45, 2.75) is 12.5 Å². The van der Waals surface area contributed by atoms with E-state index in [-0.39, 0.29) is 25.0 Å². The van der Waals surface area contributed by atoms with Crippen LogP contribution in [0.5, 0.6) is 0 Å². The van der Waals surface area contributed by atoms with Crippen molar-refractivity contribution < 1.29 is 14.7 Å². The van der Waals surface area contributed by atoms with Gasteiger partial charge in [-0.05, 0) is 18.1 Å². The normalized spacial score (nSPS) is 14.5. The number of carbonyl (C=O) groups is 2. The molecule has 0 unspecified atom stereocenters. The van der Waals surface area contributed by atoms with Crippen molar-refractivity contribution in [1.29, 1.82) is 0 Å². The number of amides is 2. The molecule has 0 fully saturated rings. The van der Waals surface area contributed by atoms with E-state index in [0.29, 0.717) is 23.5 Å². The number of likely N-dealkylation sites (N-methyl/N-ethyl adjacent to an activating group) is 1. The molecule has 0 spiro atoms. The van der Waals surface area contributed by atoms with Gasteiger partial charge in [0.25, 0.3) is 5.91 Å². The number of aromatic nitrogens is 1. The molecule has 3 N–H and O–H groups in total. The highest BCUT2D eigenvalue weighted by Crippen LogP contribution is 2.27. The van der Waals surface area contributed by atoms with E-state index in [9.17, 15) is 14.7 Å². The van der Waals surface area contributed by atoms with Crippen LogP contribution in [0.1, 0.15) is 15.9 Å². The summed E-state index contributed by atoms with van der Waals surface area (Å²) in [5.41, 5.74) is 1.93. The highest BCUT2D eigenvalue weighted by Gasteiger charge is 2.23. The Bertz CT molecular complexity index is 779. The van der Waals surface area contributed by atoms with Gasteiger partial charge in [0.15, 0.2) is 0 Å². The highest BCUT2D eigenvalue weighted by molar-refractivity contribution is 6.03. The Morgan fingerprint density at radius 1 is 1.40 bits per heavy atom. The van der Waals surface area contributed by atoms with Crippen LogP contribution in [0, 0.1) is 0 Å². The predicted molar refractivity (Wildman–Crippen MR) is 94.6 cm³/mol. The minimum Gasteiger partial charge on any atom is -0.394 e. The van der Waals surface area contributed by atoms with Gasteiger partial charge < -0.3 is 20.6 Å². The molecule has 0 saturated heterocycles. The Kier molecular flexibility index (Phi) is 4.95. The number of anilines is 2. The lowest BCUT2D eigenvalue weighted by Crippen LogP contribution is -2.40. The molecule has 7 nitrogen and oxygen atoms in total. The fraction of sp³-hybridized carbons (Fsp3) is 0.278.